The van der Waals surface area contributed by atoms with Crippen LogP contribution in [0, 0.1) is 5.82 Å². The lowest BCUT2D eigenvalue weighted by molar-refractivity contribution is 0.529. The van der Waals surface area contributed by atoms with Crippen molar-refractivity contribution in [2.45, 2.75) is 23.0 Å². The Morgan fingerprint density at radius 3 is 2.62 bits per heavy atom. The summed E-state index contributed by atoms with van der Waals surface area (Å²) in [6.07, 6.45) is 1.10. The van der Waals surface area contributed by atoms with Crippen molar-refractivity contribution in [2.75, 3.05) is 18.0 Å². The zero-order chi connectivity index (χ0) is 20.6. The van der Waals surface area contributed by atoms with Gasteiger partial charge < -0.3 is 4.90 Å². The third-order valence-electron chi connectivity index (χ3n) is 4.98. The third-order valence-corrected chi connectivity index (χ3v) is 8.93. The number of halogens is 3. The molecule has 0 saturated carbocycles. The van der Waals surface area contributed by atoms with Crippen LogP contribution in [0.15, 0.2) is 57.2 Å². The number of sulfone groups is 1. The highest BCUT2D eigenvalue weighted by Crippen LogP contribution is 2.33. The molecule has 0 amide bonds. The second-order valence-electron chi connectivity index (χ2n) is 6.83. The van der Waals surface area contributed by atoms with Crippen LogP contribution in [-0.4, -0.2) is 31.7 Å². The molecule has 0 N–H and O–H groups in total. The summed E-state index contributed by atoms with van der Waals surface area (Å²) in [5.41, 5.74) is 1.49. The predicted molar refractivity (Wildman–Crippen MR) is 119 cm³/mol. The minimum atomic E-state index is -3.36. The Bertz CT molecular complexity index is 1140. The van der Waals surface area contributed by atoms with Crippen molar-refractivity contribution in [2.24, 2.45) is 0 Å². The van der Waals surface area contributed by atoms with Gasteiger partial charge in [0.1, 0.15) is 5.82 Å². The first-order valence-electron chi connectivity index (χ1n) is 9.00. The first-order chi connectivity index (χ1) is 13.8. The first-order valence-corrected chi connectivity index (χ1v) is 12.6. The summed E-state index contributed by atoms with van der Waals surface area (Å²) in [5, 5.41) is 2.40. The van der Waals surface area contributed by atoms with E-state index in [1.807, 2.05) is 11.4 Å². The molecule has 1 aliphatic rings. The molecule has 1 aliphatic heterocycles. The number of aromatic nitrogens is 1. The van der Waals surface area contributed by atoms with Gasteiger partial charge in [0, 0.05) is 28.5 Å². The van der Waals surface area contributed by atoms with Gasteiger partial charge in [-0.1, -0.05) is 33.6 Å². The zero-order valence-corrected chi connectivity index (χ0v) is 19.2. The number of benzene rings is 2. The van der Waals surface area contributed by atoms with Gasteiger partial charge in [-0.05, 0) is 49.2 Å². The molecule has 2 aromatic carbocycles. The van der Waals surface area contributed by atoms with Crippen molar-refractivity contribution in [3.8, 4) is 11.3 Å². The average molecular weight is 516 g/mol. The van der Waals surface area contributed by atoms with E-state index in [1.54, 1.807) is 30.3 Å². The van der Waals surface area contributed by atoms with Crippen LogP contribution in [0.3, 0.4) is 0 Å². The number of hydrogen-bond donors (Lipinski definition) is 0. The maximum Gasteiger partial charge on any atom is 0.185 e. The van der Waals surface area contributed by atoms with Crippen LogP contribution in [-0.2, 0) is 9.84 Å². The molecule has 152 valence electrons. The fourth-order valence-corrected chi connectivity index (χ4v) is 6.79. The van der Waals surface area contributed by atoms with Gasteiger partial charge in [0.2, 0.25) is 0 Å². The van der Waals surface area contributed by atoms with Gasteiger partial charge in [-0.15, -0.1) is 11.3 Å². The molecule has 9 heteroatoms. The van der Waals surface area contributed by atoms with E-state index in [0.29, 0.717) is 30.8 Å². The van der Waals surface area contributed by atoms with E-state index in [4.69, 9.17) is 11.6 Å². The van der Waals surface area contributed by atoms with Gasteiger partial charge in [-0.3, -0.25) is 0 Å². The second kappa shape index (κ2) is 8.34. The molecule has 0 unspecified atom stereocenters. The highest BCUT2D eigenvalue weighted by Gasteiger charge is 2.32. The largest absolute Gasteiger partial charge is 0.348 e. The van der Waals surface area contributed by atoms with Crippen LogP contribution in [0.25, 0.3) is 11.3 Å². The molecular formula is C20H17BrClFN2O2S2. The van der Waals surface area contributed by atoms with Crippen LogP contribution in [0.4, 0.5) is 9.52 Å². The van der Waals surface area contributed by atoms with Gasteiger partial charge in [-0.25, -0.2) is 17.8 Å². The summed E-state index contributed by atoms with van der Waals surface area (Å²) in [7, 11) is -3.36. The predicted octanol–water partition coefficient (Wildman–Crippen LogP) is 5.81. The van der Waals surface area contributed by atoms with Crippen molar-refractivity contribution >= 4 is 53.8 Å². The summed E-state index contributed by atoms with van der Waals surface area (Å²) >= 11 is 10.7. The van der Waals surface area contributed by atoms with E-state index < -0.39 is 20.9 Å². The number of thiazole rings is 1. The number of nitrogens with zero attached hydrogens (tertiary/aromatic N) is 2. The standard InChI is InChI=1S/C20H17BrClFN2O2S2/c21-14-2-1-3-16(11-14)29(26,27)15-6-8-25(9-7-15)20-24-19(12-28-20)13-4-5-18(23)17(22)10-13/h1-5,10-12,15H,6-9H2. The SMILES string of the molecule is O=S(=O)(c1cccc(Br)c1)C1CCN(c2nc(-c3ccc(F)c(Cl)c3)cs2)CC1. The summed E-state index contributed by atoms with van der Waals surface area (Å²) in [5.74, 6) is -0.459. The minimum absolute atomic E-state index is 0.0654. The van der Waals surface area contributed by atoms with E-state index in [9.17, 15) is 12.8 Å². The molecule has 4 rings (SSSR count). The average Bonchev–Trinajstić information content (AvgIpc) is 3.20. The lowest BCUT2D eigenvalue weighted by atomic mass is 10.1. The van der Waals surface area contributed by atoms with Gasteiger partial charge in [0.15, 0.2) is 15.0 Å². The van der Waals surface area contributed by atoms with Gasteiger partial charge in [0.25, 0.3) is 0 Å². The quantitative estimate of drug-likeness (QED) is 0.440. The Morgan fingerprint density at radius 2 is 1.93 bits per heavy atom. The lowest BCUT2D eigenvalue weighted by Crippen LogP contribution is -2.39. The summed E-state index contributed by atoms with van der Waals surface area (Å²) in [4.78, 5) is 7.10. The highest BCUT2D eigenvalue weighted by atomic mass is 79.9. The molecule has 2 heterocycles. The van der Waals surface area contributed by atoms with E-state index in [1.165, 1.54) is 17.4 Å². The van der Waals surface area contributed by atoms with Crippen molar-refractivity contribution < 1.29 is 12.8 Å². The van der Waals surface area contributed by atoms with Crippen LogP contribution in [0.1, 0.15) is 12.8 Å². The van der Waals surface area contributed by atoms with Crippen LogP contribution < -0.4 is 4.90 Å². The van der Waals surface area contributed by atoms with Gasteiger partial charge >= 0.3 is 0 Å². The second-order valence-corrected chi connectivity index (χ2v) is 11.2. The molecule has 1 saturated heterocycles. The number of piperidine rings is 1. The Kier molecular flexibility index (Phi) is 5.97. The number of rotatable bonds is 4. The molecular weight excluding hydrogens is 499 g/mol. The van der Waals surface area contributed by atoms with E-state index in [2.05, 4.69) is 25.8 Å². The highest BCUT2D eigenvalue weighted by molar-refractivity contribution is 9.10. The van der Waals surface area contributed by atoms with Crippen molar-refractivity contribution in [1.82, 2.24) is 4.98 Å². The monoisotopic (exact) mass is 514 g/mol. The van der Waals surface area contributed by atoms with Crippen LogP contribution >= 0.6 is 38.9 Å². The molecule has 1 aromatic heterocycles. The molecule has 0 spiro atoms. The molecule has 4 nitrogen and oxygen atoms in total. The molecule has 29 heavy (non-hydrogen) atoms. The molecule has 0 bridgehead atoms. The summed E-state index contributed by atoms with van der Waals surface area (Å²) < 4.78 is 40.0. The molecule has 1 fully saturated rings. The molecule has 0 aliphatic carbocycles. The fraction of sp³-hybridized carbons (Fsp3) is 0.250. The van der Waals surface area contributed by atoms with Crippen LogP contribution in [0.2, 0.25) is 5.02 Å². The zero-order valence-electron chi connectivity index (χ0n) is 15.2. The summed E-state index contributed by atoms with van der Waals surface area (Å²) in [6, 6.07) is 11.4. The van der Waals surface area contributed by atoms with Crippen molar-refractivity contribution in [1.29, 1.82) is 0 Å². The van der Waals surface area contributed by atoms with E-state index in [-0.39, 0.29) is 5.02 Å². The maximum atomic E-state index is 13.4. The fourth-order valence-electron chi connectivity index (χ4n) is 3.39. The lowest BCUT2D eigenvalue weighted by Gasteiger charge is -2.31. The molecule has 3 aromatic rings. The Morgan fingerprint density at radius 1 is 1.17 bits per heavy atom. The van der Waals surface area contributed by atoms with Crippen molar-refractivity contribution in [3.05, 3.63) is 63.2 Å². The maximum absolute atomic E-state index is 13.4. The number of anilines is 1. The topological polar surface area (TPSA) is 50.3 Å². The van der Waals surface area contributed by atoms with Crippen molar-refractivity contribution in [3.63, 3.8) is 0 Å². The van der Waals surface area contributed by atoms with Crippen LogP contribution in [0.5, 0.6) is 0 Å². The Balaban J connectivity index is 1.46. The normalized spacial score (nSPS) is 15.6. The molecule has 0 atom stereocenters. The van der Waals surface area contributed by atoms with E-state index >= 15 is 0 Å². The Hall–Kier alpha value is -1.48. The summed E-state index contributed by atoms with van der Waals surface area (Å²) in [6.45, 7) is 1.24. The van der Waals surface area contributed by atoms with Gasteiger partial charge in [-0.2, -0.15) is 0 Å². The first kappa shape index (κ1) is 20.8. The molecule has 0 radical (unpaired) electrons. The third kappa shape index (κ3) is 4.35. The Labute approximate surface area is 186 Å². The van der Waals surface area contributed by atoms with E-state index in [0.717, 1.165) is 20.9 Å². The smallest absolute Gasteiger partial charge is 0.185 e. The minimum Gasteiger partial charge on any atom is -0.348 e. The van der Waals surface area contributed by atoms with Gasteiger partial charge in [0.05, 0.1) is 20.9 Å². The number of hydrogen-bond acceptors (Lipinski definition) is 5.